The second kappa shape index (κ2) is 8.31. The number of halogens is 8. The molecular weight excluding hydrogens is 483 g/mol. The van der Waals surface area contributed by atoms with Gasteiger partial charge in [-0.1, -0.05) is 11.6 Å². The molecule has 0 bridgehead atoms. The van der Waals surface area contributed by atoms with E-state index in [1.165, 1.54) is 4.72 Å². The summed E-state index contributed by atoms with van der Waals surface area (Å²) in [4.78, 5) is 11.6. The largest absolute Gasteiger partial charge is 0.419 e. The highest BCUT2D eigenvalue weighted by Gasteiger charge is 2.40. The third-order valence-corrected chi connectivity index (χ3v) is 5.99. The number of alkyl halides is 6. The highest BCUT2D eigenvalue weighted by Crippen LogP contribution is 2.34. The zero-order chi connectivity index (χ0) is 23.9. The first-order chi connectivity index (χ1) is 13.9. The van der Waals surface area contributed by atoms with E-state index in [1.807, 2.05) is 5.32 Å². The zero-order valence-corrected chi connectivity index (χ0v) is 17.1. The lowest BCUT2D eigenvalue weighted by atomic mass is 10.1. The third-order valence-electron chi connectivity index (χ3n) is 3.94. The van der Waals surface area contributed by atoms with Crippen molar-refractivity contribution in [1.82, 2.24) is 9.29 Å². The van der Waals surface area contributed by atoms with Crippen LogP contribution in [-0.2, 0) is 23.2 Å². The number of benzene rings is 1. The van der Waals surface area contributed by atoms with Crippen LogP contribution in [0.3, 0.4) is 0 Å². The van der Waals surface area contributed by atoms with Gasteiger partial charge in [0.1, 0.15) is 22.4 Å². The van der Waals surface area contributed by atoms with Gasteiger partial charge in [-0.15, -0.1) is 0 Å². The number of carbonyl (C=O) groups is 1. The highest BCUT2D eigenvalue weighted by atomic mass is 35.5. The smallest absolute Gasteiger partial charge is 0.344 e. The van der Waals surface area contributed by atoms with E-state index in [2.05, 4.69) is 0 Å². The van der Waals surface area contributed by atoms with E-state index in [9.17, 15) is 43.9 Å². The van der Waals surface area contributed by atoms with Crippen molar-refractivity contribution in [3.63, 3.8) is 0 Å². The van der Waals surface area contributed by atoms with Crippen molar-refractivity contribution in [3.05, 3.63) is 46.5 Å². The maximum atomic E-state index is 13.4. The quantitative estimate of drug-likeness (QED) is 0.606. The Hall–Kier alpha value is -2.32. The molecule has 0 fully saturated rings. The van der Waals surface area contributed by atoms with Crippen LogP contribution < -0.4 is 10.0 Å². The van der Waals surface area contributed by atoms with Crippen LogP contribution in [0.25, 0.3) is 0 Å². The first-order valence-electron chi connectivity index (χ1n) is 8.07. The Kier molecular flexibility index (Phi) is 6.69. The van der Waals surface area contributed by atoms with Gasteiger partial charge in [-0.3, -0.25) is 4.79 Å². The average molecular weight is 496 g/mol. The fraction of sp³-hybridized carbons (Fsp3) is 0.312. The molecule has 172 valence electrons. The molecule has 0 saturated carbocycles. The zero-order valence-electron chi connectivity index (χ0n) is 15.5. The van der Waals surface area contributed by atoms with Gasteiger partial charge in [0, 0.05) is 18.9 Å². The van der Waals surface area contributed by atoms with Crippen LogP contribution in [0.4, 0.5) is 36.4 Å². The molecule has 2 N–H and O–H groups in total. The molecule has 15 heteroatoms. The van der Waals surface area contributed by atoms with Gasteiger partial charge in [0.2, 0.25) is 10.0 Å². The minimum atomic E-state index is -5.05. The van der Waals surface area contributed by atoms with Crippen LogP contribution >= 0.6 is 11.6 Å². The summed E-state index contributed by atoms with van der Waals surface area (Å²) in [6.45, 7) is 0.550. The molecule has 0 saturated heterocycles. The minimum Gasteiger partial charge on any atom is -0.344 e. The van der Waals surface area contributed by atoms with Gasteiger partial charge in [0.05, 0.1) is 10.6 Å². The molecule has 1 aromatic carbocycles. The van der Waals surface area contributed by atoms with E-state index in [0.29, 0.717) is 19.1 Å². The highest BCUT2D eigenvalue weighted by molar-refractivity contribution is 7.89. The molecule has 2 rings (SSSR count). The number of hydrogen-bond acceptors (Lipinski definition) is 3. The number of anilines is 1. The normalized spacial score (nSPS) is 13.9. The maximum Gasteiger partial charge on any atom is 0.419 e. The van der Waals surface area contributed by atoms with E-state index in [0.717, 1.165) is 23.9 Å². The van der Waals surface area contributed by atoms with Crippen molar-refractivity contribution in [2.75, 3.05) is 5.32 Å². The maximum absolute atomic E-state index is 13.4. The standard InChI is InChI=1S/C16H13ClF7N3O3S/c1-7(15(19,20)21)26-31(29,30)11-6-27(2)13(12(11)17)14(28)25-8-3-4-10(18)9(5-8)16(22,23)24/h3-7,26H,1-2H3,(H,25,28). The SMILES string of the molecule is CC(NS(=O)(=O)c1cn(C)c(C(=O)Nc2ccc(F)c(C(F)(F)F)c2)c1Cl)C(F)(F)F. The molecule has 1 atom stereocenters. The van der Waals surface area contributed by atoms with Crippen molar-refractivity contribution in [3.8, 4) is 0 Å². The van der Waals surface area contributed by atoms with E-state index in [4.69, 9.17) is 11.6 Å². The van der Waals surface area contributed by atoms with Crippen molar-refractivity contribution in [2.45, 2.75) is 30.2 Å². The Labute approximate surface area is 176 Å². The Morgan fingerprint density at radius 2 is 1.74 bits per heavy atom. The number of aromatic nitrogens is 1. The monoisotopic (exact) mass is 495 g/mol. The molecule has 1 aromatic heterocycles. The molecule has 0 radical (unpaired) electrons. The van der Waals surface area contributed by atoms with E-state index >= 15 is 0 Å². The number of carbonyl (C=O) groups excluding carboxylic acids is 1. The molecule has 2 aromatic rings. The second-order valence-electron chi connectivity index (χ2n) is 6.30. The molecule has 0 aliphatic heterocycles. The summed E-state index contributed by atoms with van der Waals surface area (Å²) in [5.41, 5.74) is -2.71. The summed E-state index contributed by atoms with van der Waals surface area (Å²) in [6.07, 6.45) is -9.18. The van der Waals surface area contributed by atoms with Crippen LogP contribution in [0.5, 0.6) is 0 Å². The van der Waals surface area contributed by atoms with E-state index in [1.54, 1.807) is 0 Å². The van der Waals surface area contributed by atoms with Gasteiger partial charge < -0.3 is 9.88 Å². The Morgan fingerprint density at radius 1 is 1.16 bits per heavy atom. The van der Waals surface area contributed by atoms with E-state index < -0.39 is 67.0 Å². The summed E-state index contributed by atoms with van der Waals surface area (Å²) in [7, 11) is -3.68. The number of aryl methyl sites for hydroxylation is 1. The second-order valence-corrected chi connectivity index (χ2v) is 8.36. The fourth-order valence-corrected chi connectivity index (χ4v) is 4.32. The van der Waals surface area contributed by atoms with E-state index in [-0.39, 0.29) is 0 Å². The van der Waals surface area contributed by atoms with Crippen molar-refractivity contribution in [2.24, 2.45) is 7.05 Å². The van der Waals surface area contributed by atoms with Gasteiger partial charge >= 0.3 is 12.4 Å². The fourth-order valence-electron chi connectivity index (χ4n) is 2.39. The number of sulfonamides is 1. The lowest BCUT2D eigenvalue weighted by molar-refractivity contribution is -0.147. The molecule has 1 unspecified atom stereocenters. The van der Waals surface area contributed by atoms with Gasteiger partial charge in [0.25, 0.3) is 5.91 Å². The minimum absolute atomic E-state index is 0.314. The molecule has 6 nitrogen and oxygen atoms in total. The summed E-state index contributed by atoms with van der Waals surface area (Å²) >= 11 is 5.88. The molecule has 0 aliphatic carbocycles. The Balaban J connectivity index is 2.37. The molecule has 1 heterocycles. The van der Waals surface area contributed by atoms with Crippen molar-refractivity contribution >= 4 is 33.2 Å². The molecule has 1 amide bonds. The average Bonchev–Trinajstić information content (AvgIpc) is 2.89. The number of hydrogen-bond donors (Lipinski definition) is 2. The van der Waals surface area contributed by atoms with Gasteiger partial charge in [0.15, 0.2) is 0 Å². The lowest BCUT2D eigenvalue weighted by Gasteiger charge is -2.16. The number of nitrogens with zero attached hydrogens (tertiary/aromatic N) is 1. The summed E-state index contributed by atoms with van der Waals surface area (Å²) in [5, 5.41) is 1.24. The van der Waals surface area contributed by atoms with Crippen LogP contribution in [-0.4, -0.2) is 31.1 Å². The summed E-state index contributed by atoms with van der Waals surface area (Å²) in [5.74, 6) is -2.77. The van der Waals surface area contributed by atoms with Gasteiger partial charge in [-0.25, -0.2) is 12.8 Å². The lowest BCUT2D eigenvalue weighted by Crippen LogP contribution is -2.42. The number of rotatable bonds is 5. The molecular formula is C16H13ClF7N3O3S. The topological polar surface area (TPSA) is 80.2 Å². The number of nitrogens with one attached hydrogen (secondary N) is 2. The Morgan fingerprint density at radius 3 is 2.26 bits per heavy atom. The van der Waals surface area contributed by atoms with Crippen LogP contribution in [0.1, 0.15) is 23.0 Å². The van der Waals surface area contributed by atoms with Gasteiger partial charge in [-0.05, 0) is 25.1 Å². The number of amides is 1. The van der Waals surface area contributed by atoms with Gasteiger partial charge in [-0.2, -0.15) is 31.1 Å². The summed E-state index contributed by atoms with van der Waals surface area (Å²) in [6, 6.07) is -0.868. The van der Waals surface area contributed by atoms with Crippen molar-refractivity contribution in [1.29, 1.82) is 0 Å². The van der Waals surface area contributed by atoms with Crippen LogP contribution in [0.2, 0.25) is 5.02 Å². The molecule has 0 aliphatic rings. The first kappa shape index (κ1) is 24.9. The predicted octanol–water partition coefficient (Wildman–Crippen LogP) is 4.32. The molecule has 0 spiro atoms. The Bertz CT molecular complexity index is 1110. The third kappa shape index (κ3) is 5.49. The first-order valence-corrected chi connectivity index (χ1v) is 9.93. The predicted molar refractivity (Wildman–Crippen MR) is 95.6 cm³/mol. The van der Waals surface area contributed by atoms with Crippen LogP contribution in [0, 0.1) is 5.82 Å². The van der Waals surface area contributed by atoms with Crippen LogP contribution in [0.15, 0.2) is 29.3 Å². The van der Waals surface area contributed by atoms with Crippen molar-refractivity contribution < 1.29 is 43.9 Å². The summed E-state index contributed by atoms with van der Waals surface area (Å²) < 4.78 is 116. The molecule has 31 heavy (non-hydrogen) atoms.